The summed E-state index contributed by atoms with van der Waals surface area (Å²) in [6, 6.07) is 0.692. The zero-order valence-corrected chi connectivity index (χ0v) is 7.62. The second-order valence-electron chi connectivity index (χ2n) is 2.96. The van der Waals surface area contributed by atoms with E-state index in [0.717, 1.165) is 13.1 Å². The molecule has 3 heteroatoms. The first-order valence-electron chi connectivity index (χ1n) is 4.31. The van der Waals surface area contributed by atoms with Crippen LogP contribution in [0.5, 0.6) is 0 Å². The van der Waals surface area contributed by atoms with E-state index in [1.807, 2.05) is 6.08 Å². The van der Waals surface area contributed by atoms with Gasteiger partial charge in [0.05, 0.1) is 6.61 Å². The summed E-state index contributed by atoms with van der Waals surface area (Å²) in [5.74, 6) is -0.244. The molecular formula is C9H15NO2. The third kappa shape index (κ3) is 3.05. The SMILES string of the molecule is CCOC(=O)/C=C/CN1CC1C. The number of ether oxygens (including phenoxy) is 1. The highest BCUT2D eigenvalue weighted by atomic mass is 16.5. The first-order chi connectivity index (χ1) is 5.74. The van der Waals surface area contributed by atoms with Gasteiger partial charge in [0, 0.05) is 25.2 Å². The van der Waals surface area contributed by atoms with Gasteiger partial charge in [-0.05, 0) is 13.8 Å². The molecule has 2 atom stereocenters. The van der Waals surface area contributed by atoms with Crippen molar-refractivity contribution in [1.82, 2.24) is 4.90 Å². The predicted octanol–water partition coefficient (Wildman–Crippen LogP) is 0.810. The van der Waals surface area contributed by atoms with Crippen molar-refractivity contribution in [2.24, 2.45) is 0 Å². The van der Waals surface area contributed by atoms with Crippen molar-refractivity contribution in [3.05, 3.63) is 12.2 Å². The van der Waals surface area contributed by atoms with Crippen molar-refractivity contribution >= 4 is 5.97 Å². The van der Waals surface area contributed by atoms with E-state index >= 15 is 0 Å². The van der Waals surface area contributed by atoms with Gasteiger partial charge < -0.3 is 4.74 Å². The molecule has 0 N–H and O–H groups in total. The molecular weight excluding hydrogens is 154 g/mol. The number of rotatable bonds is 4. The van der Waals surface area contributed by atoms with Crippen molar-refractivity contribution in [2.45, 2.75) is 19.9 Å². The average molecular weight is 169 g/mol. The summed E-state index contributed by atoms with van der Waals surface area (Å²) in [4.78, 5) is 13.1. The lowest BCUT2D eigenvalue weighted by atomic mass is 10.5. The molecule has 1 heterocycles. The summed E-state index contributed by atoms with van der Waals surface area (Å²) < 4.78 is 4.73. The second kappa shape index (κ2) is 4.26. The van der Waals surface area contributed by atoms with Gasteiger partial charge in [0.25, 0.3) is 0 Å². The molecule has 0 saturated carbocycles. The predicted molar refractivity (Wildman–Crippen MR) is 46.8 cm³/mol. The first-order valence-corrected chi connectivity index (χ1v) is 4.31. The summed E-state index contributed by atoms with van der Waals surface area (Å²) in [6.45, 7) is 6.42. The number of carbonyl (C=O) groups excluding carboxylic acids is 1. The van der Waals surface area contributed by atoms with Gasteiger partial charge in [-0.15, -0.1) is 0 Å². The Morgan fingerprint density at radius 3 is 2.92 bits per heavy atom. The normalized spacial score (nSPS) is 27.5. The minimum Gasteiger partial charge on any atom is -0.463 e. The number of carbonyl (C=O) groups is 1. The molecule has 0 bridgehead atoms. The monoisotopic (exact) mass is 169 g/mol. The molecule has 0 aliphatic carbocycles. The lowest BCUT2D eigenvalue weighted by Crippen LogP contribution is -2.02. The number of nitrogens with zero attached hydrogens (tertiary/aromatic N) is 1. The van der Waals surface area contributed by atoms with E-state index in [-0.39, 0.29) is 5.97 Å². The molecule has 1 fully saturated rings. The third-order valence-corrected chi connectivity index (χ3v) is 1.87. The number of esters is 1. The molecule has 1 aliphatic rings. The molecule has 0 amide bonds. The molecule has 3 nitrogen and oxygen atoms in total. The molecule has 1 rings (SSSR count). The summed E-state index contributed by atoms with van der Waals surface area (Å²) in [7, 11) is 0. The fourth-order valence-electron chi connectivity index (χ4n) is 1.02. The van der Waals surface area contributed by atoms with Crippen molar-refractivity contribution in [3.63, 3.8) is 0 Å². The molecule has 0 aromatic carbocycles. The fourth-order valence-corrected chi connectivity index (χ4v) is 1.02. The second-order valence-corrected chi connectivity index (χ2v) is 2.96. The van der Waals surface area contributed by atoms with E-state index in [4.69, 9.17) is 4.74 Å². The molecule has 0 spiro atoms. The Morgan fingerprint density at radius 1 is 1.75 bits per heavy atom. The Kier molecular flexibility index (Phi) is 3.29. The number of hydrogen-bond donors (Lipinski definition) is 0. The van der Waals surface area contributed by atoms with Crippen LogP contribution in [0, 0.1) is 0 Å². The van der Waals surface area contributed by atoms with Crippen LogP contribution in [-0.4, -0.2) is 36.6 Å². The zero-order valence-electron chi connectivity index (χ0n) is 7.62. The smallest absolute Gasteiger partial charge is 0.330 e. The quantitative estimate of drug-likeness (QED) is 0.354. The largest absolute Gasteiger partial charge is 0.463 e. The van der Waals surface area contributed by atoms with E-state index < -0.39 is 0 Å². The molecule has 12 heavy (non-hydrogen) atoms. The van der Waals surface area contributed by atoms with Crippen LogP contribution in [0.25, 0.3) is 0 Å². The van der Waals surface area contributed by atoms with Crippen molar-refractivity contribution < 1.29 is 9.53 Å². The maximum Gasteiger partial charge on any atom is 0.330 e. The standard InChI is InChI=1S/C9H15NO2/c1-3-12-9(11)5-4-6-10-7-8(10)2/h4-5,8H,3,6-7H2,1-2H3/b5-4+. The average Bonchev–Trinajstić information content (AvgIpc) is 2.67. The van der Waals surface area contributed by atoms with E-state index in [9.17, 15) is 4.79 Å². The van der Waals surface area contributed by atoms with Crippen molar-refractivity contribution in [1.29, 1.82) is 0 Å². The van der Waals surface area contributed by atoms with Crippen LogP contribution >= 0.6 is 0 Å². The molecule has 1 saturated heterocycles. The van der Waals surface area contributed by atoms with Gasteiger partial charge in [-0.3, -0.25) is 4.90 Å². The van der Waals surface area contributed by atoms with Crippen LogP contribution in [0.1, 0.15) is 13.8 Å². The summed E-state index contributed by atoms with van der Waals surface area (Å²) in [6.07, 6.45) is 3.34. The Labute approximate surface area is 73.0 Å². The van der Waals surface area contributed by atoms with Crippen LogP contribution in [0.2, 0.25) is 0 Å². The van der Waals surface area contributed by atoms with Crippen LogP contribution in [0.3, 0.4) is 0 Å². The van der Waals surface area contributed by atoms with Crippen LogP contribution < -0.4 is 0 Å². The zero-order chi connectivity index (χ0) is 8.97. The molecule has 2 unspecified atom stereocenters. The van der Waals surface area contributed by atoms with Gasteiger partial charge in [0.2, 0.25) is 0 Å². The highest BCUT2D eigenvalue weighted by molar-refractivity contribution is 5.81. The molecule has 68 valence electrons. The molecule has 1 aliphatic heterocycles. The van der Waals surface area contributed by atoms with Gasteiger partial charge >= 0.3 is 5.97 Å². The van der Waals surface area contributed by atoms with E-state index in [2.05, 4.69) is 11.8 Å². The van der Waals surface area contributed by atoms with Crippen molar-refractivity contribution in [2.75, 3.05) is 19.7 Å². The third-order valence-electron chi connectivity index (χ3n) is 1.87. The first kappa shape index (κ1) is 9.26. The fraction of sp³-hybridized carbons (Fsp3) is 0.667. The molecule has 0 radical (unpaired) electrons. The summed E-state index contributed by atoms with van der Waals surface area (Å²) in [5.41, 5.74) is 0. The summed E-state index contributed by atoms with van der Waals surface area (Å²) >= 11 is 0. The topological polar surface area (TPSA) is 29.3 Å². The van der Waals surface area contributed by atoms with Gasteiger partial charge in [-0.25, -0.2) is 4.79 Å². The van der Waals surface area contributed by atoms with Gasteiger partial charge in [0.15, 0.2) is 0 Å². The Hall–Kier alpha value is -0.830. The van der Waals surface area contributed by atoms with Gasteiger partial charge in [-0.1, -0.05) is 6.08 Å². The van der Waals surface area contributed by atoms with E-state index in [1.54, 1.807) is 6.92 Å². The van der Waals surface area contributed by atoms with Crippen LogP contribution in [-0.2, 0) is 9.53 Å². The maximum atomic E-state index is 10.8. The Bertz CT molecular complexity index is 189. The Morgan fingerprint density at radius 2 is 2.42 bits per heavy atom. The van der Waals surface area contributed by atoms with Crippen molar-refractivity contribution in [3.8, 4) is 0 Å². The highest BCUT2D eigenvalue weighted by Crippen LogP contribution is 2.14. The van der Waals surface area contributed by atoms with Gasteiger partial charge in [-0.2, -0.15) is 0 Å². The number of hydrogen-bond acceptors (Lipinski definition) is 3. The van der Waals surface area contributed by atoms with E-state index in [0.29, 0.717) is 12.6 Å². The molecule has 0 aromatic heterocycles. The summed E-state index contributed by atoms with van der Waals surface area (Å²) in [5, 5.41) is 0. The lowest BCUT2D eigenvalue weighted by Gasteiger charge is -1.95. The highest BCUT2D eigenvalue weighted by Gasteiger charge is 2.26. The van der Waals surface area contributed by atoms with Gasteiger partial charge in [0.1, 0.15) is 0 Å². The lowest BCUT2D eigenvalue weighted by molar-refractivity contribution is -0.137. The van der Waals surface area contributed by atoms with Crippen LogP contribution in [0.15, 0.2) is 12.2 Å². The minimum absolute atomic E-state index is 0.244. The molecule has 0 aromatic rings. The van der Waals surface area contributed by atoms with E-state index in [1.165, 1.54) is 6.08 Å². The minimum atomic E-state index is -0.244. The Balaban J connectivity index is 2.08. The van der Waals surface area contributed by atoms with Crippen LogP contribution in [0.4, 0.5) is 0 Å². The maximum absolute atomic E-state index is 10.8.